The Hall–Kier alpha value is -0.650. The Morgan fingerprint density at radius 2 is 2.38 bits per heavy atom. The number of rotatable bonds is 5. The Bertz CT molecular complexity index is 380. The average Bonchev–Trinajstić information content (AvgIpc) is 2.60. The molecular weight excluding hydrogens is 246 g/mol. The molecule has 0 aliphatic carbocycles. The molecular formula is C10H16ClN3OS. The van der Waals surface area contributed by atoms with Gasteiger partial charge in [0.15, 0.2) is 0 Å². The molecule has 4 nitrogen and oxygen atoms in total. The van der Waals surface area contributed by atoms with Gasteiger partial charge in [-0.3, -0.25) is 10.1 Å². The molecule has 0 bridgehead atoms. The van der Waals surface area contributed by atoms with Crippen molar-refractivity contribution >= 4 is 28.8 Å². The van der Waals surface area contributed by atoms with Crippen LogP contribution in [0, 0.1) is 5.92 Å². The Morgan fingerprint density at radius 3 is 2.75 bits per heavy atom. The number of carbonyl (C=O) groups excluding carboxylic acids is 1. The summed E-state index contributed by atoms with van der Waals surface area (Å²) in [5.41, 5.74) is 4.67. The molecule has 0 saturated heterocycles. The molecule has 1 heterocycles. The van der Waals surface area contributed by atoms with Crippen LogP contribution >= 0.6 is 22.9 Å². The maximum absolute atomic E-state index is 11.4. The summed E-state index contributed by atoms with van der Waals surface area (Å²) in [6.07, 6.45) is 1.60. The summed E-state index contributed by atoms with van der Waals surface area (Å²) in [5, 5.41) is 3.98. The molecule has 1 aromatic heterocycles. The second-order valence-corrected chi connectivity index (χ2v) is 5.88. The maximum Gasteiger partial charge on any atom is 0.237 e. The first-order chi connectivity index (χ1) is 7.36. The van der Waals surface area contributed by atoms with Crippen LogP contribution < -0.4 is 11.1 Å². The van der Waals surface area contributed by atoms with E-state index in [0.717, 1.165) is 5.01 Å². The standard InChI is InChI=1S/C10H16ClN3OS/c1-6(2)10(3,9(12)15)14-5-8-13-4-7(11)16-8/h4,6,14H,5H2,1-3H3,(H2,12,15). The van der Waals surface area contributed by atoms with Gasteiger partial charge in [-0.2, -0.15) is 0 Å². The zero-order valence-corrected chi connectivity index (χ0v) is 11.2. The lowest BCUT2D eigenvalue weighted by atomic mass is 9.88. The number of amides is 1. The quantitative estimate of drug-likeness (QED) is 0.849. The van der Waals surface area contributed by atoms with E-state index in [0.29, 0.717) is 10.9 Å². The summed E-state index contributed by atoms with van der Waals surface area (Å²) < 4.78 is 0.641. The molecule has 1 amide bonds. The van der Waals surface area contributed by atoms with Crippen LogP contribution in [-0.2, 0) is 11.3 Å². The normalized spacial score (nSPS) is 15.1. The number of hydrogen-bond acceptors (Lipinski definition) is 4. The summed E-state index contributed by atoms with van der Waals surface area (Å²) in [6.45, 7) is 6.20. The van der Waals surface area contributed by atoms with E-state index in [-0.39, 0.29) is 11.8 Å². The molecule has 6 heteroatoms. The van der Waals surface area contributed by atoms with Gasteiger partial charge in [0.2, 0.25) is 5.91 Å². The molecule has 16 heavy (non-hydrogen) atoms. The number of nitrogens with one attached hydrogen (secondary N) is 1. The Morgan fingerprint density at radius 1 is 1.75 bits per heavy atom. The minimum atomic E-state index is -0.724. The largest absolute Gasteiger partial charge is 0.368 e. The molecule has 0 fully saturated rings. The van der Waals surface area contributed by atoms with E-state index in [4.69, 9.17) is 17.3 Å². The number of hydrogen-bond donors (Lipinski definition) is 2. The zero-order chi connectivity index (χ0) is 12.3. The van der Waals surface area contributed by atoms with Gasteiger partial charge in [0, 0.05) is 6.54 Å². The van der Waals surface area contributed by atoms with E-state index in [9.17, 15) is 4.79 Å². The molecule has 1 aromatic rings. The van der Waals surface area contributed by atoms with E-state index >= 15 is 0 Å². The number of nitrogens with two attached hydrogens (primary N) is 1. The summed E-state index contributed by atoms with van der Waals surface area (Å²) in [4.78, 5) is 15.5. The van der Waals surface area contributed by atoms with Gasteiger partial charge >= 0.3 is 0 Å². The van der Waals surface area contributed by atoms with E-state index in [1.165, 1.54) is 11.3 Å². The molecule has 1 unspecified atom stereocenters. The van der Waals surface area contributed by atoms with E-state index in [1.54, 1.807) is 13.1 Å². The minimum absolute atomic E-state index is 0.112. The lowest BCUT2D eigenvalue weighted by molar-refractivity contribution is -0.125. The van der Waals surface area contributed by atoms with Crippen molar-refractivity contribution in [2.24, 2.45) is 11.7 Å². The molecule has 90 valence electrons. The molecule has 1 atom stereocenters. The van der Waals surface area contributed by atoms with Crippen LogP contribution in [0.25, 0.3) is 0 Å². The SMILES string of the molecule is CC(C)C(C)(NCc1ncc(Cl)s1)C(N)=O. The van der Waals surface area contributed by atoms with Crippen molar-refractivity contribution in [1.82, 2.24) is 10.3 Å². The molecule has 1 rings (SSSR count). The maximum atomic E-state index is 11.4. The van der Waals surface area contributed by atoms with Crippen LogP contribution in [0.4, 0.5) is 0 Å². The second kappa shape index (κ2) is 5.12. The van der Waals surface area contributed by atoms with Crippen LogP contribution in [0.3, 0.4) is 0 Å². The topological polar surface area (TPSA) is 68.0 Å². The van der Waals surface area contributed by atoms with Crippen molar-refractivity contribution in [3.8, 4) is 0 Å². The van der Waals surface area contributed by atoms with E-state index in [2.05, 4.69) is 10.3 Å². The van der Waals surface area contributed by atoms with Crippen LogP contribution in [-0.4, -0.2) is 16.4 Å². The molecule has 0 aliphatic heterocycles. The van der Waals surface area contributed by atoms with Crippen molar-refractivity contribution in [1.29, 1.82) is 0 Å². The molecule has 0 aromatic carbocycles. The van der Waals surface area contributed by atoms with E-state index in [1.807, 2.05) is 13.8 Å². The fourth-order valence-corrected chi connectivity index (χ4v) is 2.10. The monoisotopic (exact) mass is 261 g/mol. The summed E-state index contributed by atoms with van der Waals surface area (Å²) in [7, 11) is 0. The summed E-state index contributed by atoms with van der Waals surface area (Å²) in [5.74, 6) is -0.245. The second-order valence-electron chi connectivity index (χ2n) is 4.13. The van der Waals surface area contributed by atoms with Gasteiger partial charge in [-0.05, 0) is 12.8 Å². The third kappa shape index (κ3) is 2.93. The lowest BCUT2D eigenvalue weighted by Gasteiger charge is -2.31. The summed E-state index contributed by atoms with van der Waals surface area (Å²) in [6, 6.07) is 0. The Balaban J connectivity index is 2.68. The lowest BCUT2D eigenvalue weighted by Crippen LogP contribution is -2.56. The number of halogens is 1. The number of aromatic nitrogens is 1. The predicted molar refractivity (Wildman–Crippen MR) is 66.4 cm³/mol. The fourth-order valence-electron chi connectivity index (χ4n) is 1.20. The fraction of sp³-hybridized carbons (Fsp3) is 0.600. The highest BCUT2D eigenvalue weighted by Gasteiger charge is 2.34. The zero-order valence-electron chi connectivity index (χ0n) is 9.58. The number of carbonyl (C=O) groups is 1. The Labute approximate surface area is 104 Å². The van der Waals surface area contributed by atoms with Crippen molar-refractivity contribution in [2.75, 3.05) is 0 Å². The Kier molecular flexibility index (Phi) is 4.29. The van der Waals surface area contributed by atoms with Crippen LogP contribution in [0.15, 0.2) is 6.20 Å². The third-order valence-electron chi connectivity index (χ3n) is 2.80. The van der Waals surface area contributed by atoms with Gasteiger partial charge in [0.25, 0.3) is 0 Å². The first-order valence-electron chi connectivity index (χ1n) is 5.01. The highest BCUT2D eigenvalue weighted by atomic mass is 35.5. The average molecular weight is 262 g/mol. The van der Waals surface area contributed by atoms with Crippen molar-refractivity contribution in [3.05, 3.63) is 15.5 Å². The highest BCUT2D eigenvalue weighted by Crippen LogP contribution is 2.21. The third-order valence-corrected chi connectivity index (χ3v) is 3.91. The number of primary amides is 1. The van der Waals surface area contributed by atoms with Crippen molar-refractivity contribution in [2.45, 2.75) is 32.9 Å². The van der Waals surface area contributed by atoms with Crippen molar-refractivity contribution < 1.29 is 4.79 Å². The van der Waals surface area contributed by atoms with Gasteiger partial charge in [-0.15, -0.1) is 11.3 Å². The van der Waals surface area contributed by atoms with Gasteiger partial charge in [-0.1, -0.05) is 25.4 Å². The molecule has 0 spiro atoms. The smallest absolute Gasteiger partial charge is 0.237 e. The number of thiazole rings is 1. The van der Waals surface area contributed by atoms with E-state index < -0.39 is 5.54 Å². The number of nitrogens with zero attached hydrogens (tertiary/aromatic N) is 1. The predicted octanol–water partition coefficient (Wildman–Crippen LogP) is 1.79. The van der Waals surface area contributed by atoms with Gasteiger partial charge in [0.1, 0.15) is 9.34 Å². The van der Waals surface area contributed by atoms with Gasteiger partial charge < -0.3 is 5.73 Å². The highest BCUT2D eigenvalue weighted by molar-refractivity contribution is 7.15. The summed E-state index contributed by atoms with van der Waals surface area (Å²) >= 11 is 7.16. The van der Waals surface area contributed by atoms with Crippen LogP contribution in [0.1, 0.15) is 25.8 Å². The van der Waals surface area contributed by atoms with Gasteiger partial charge in [0.05, 0.1) is 11.7 Å². The molecule has 0 saturated carbocycles. The molecule has 0 radical (unpaired) electrons. The minimum Gasteiger partial charge on any atom is -0.368 e. The van der Waals surface area contributed by atoms with Crippen LogP contribution in [0.2, 0.25) is 4.34 Å². The van der Waals surface area contributed by atoms with Crippen LogP contribution in [0.5, 0.6) is 0 Å². The van der Waals surface area contributed by atoms with Crippen molar-refractivity contribution in [3.63, 3.8) is 0 Å². The molecule has 3 N–H and O–H groups in total. The first kappa shape index (κ1) is 13.4. The first-order valence-corrected chi connectivity index (χ1v) is 6.21. The van der Waals surface area contributed by atoms with Gasteiger partial charge in [-0.25, -0.2) is 4.98 Å². The molecule has 0 aliphatic rings.